The third-order valence-electron chi connectivity index (χ3n) is 6.16. The van der Waals surface area contributed by atoms with Crippen molar-refractivity contribution >= 4 is 23.0 Å². The summed E-state index contributed by atoms with van der Waals surface area (Å²) in [6.45, 7) is 1.91. The highest BCUT2D eigenvalue weighted by Crippen LogP contribution is 2.38. The van der Waals surface area contributed by atoms with Crippen LogP contribution in [0.3, 0.4) is 0 Å². The van der Waals surface area contributed by atoms with Gasteiger partial charge < -0.3 is 26.0 Å². The summed E-state index contributed by atoms with van der Waals surface area (Å²) in [5.41, 5.74) is -1.13. The van der Waals surface area contributed by atoms with Crippen LogP contribution in [0.25, 0.3) is 22.3 Å². The smallest absolute Gasteiger partial charge is 0.419 e. The van der Waals surface area contributed by atoms with E-state index in [1.165, 1.54) is 18.3 Å². The largest absolute Gasteiger partial charge is 0.477 e. The number of carbonyl (C=O) groups is 1. The van der Waals surface area contributed by atoms with Gasteiger partial charge in [-0.2, -0.15) is 13.2 Å². The monoisotopic (exact) mass is 491 g/mol. The summed E-state index contributed by atoms with van der Waals surface area (Å²) >= 11 is 0. The second-order valence-corrected chi connectivity index (χ2v) is 8.67. The molecule has 0 bridgehead atoms. The third kappa shape index (κ3) is 5.88. The number of unbranched alkanes of at least 4 members (excludes halogenated alkanes) is 1. The molecule has 0 radical (unpaired) electrons. The van der Waals surface area contributed by atoms with E-state index in [1.54, 1.807) is 0 Å². The molecular formula is C23H28F3N7O2. The lowest BCUT2D eigenvalue weighted by atomic mass is 10.1. The Morgan fingerprint density at radius 1 is 1.17 bits per heavy atom. The Morgan fingerprint density at radius 2 is 1.94 bits per heavy atom. The van der Waals surface area contributed by atoms with Gasteiger partial charge in [0.15, 0.2) is 5.69 Å². The van der Waals surface area contributed by atoms with E-state index in [-0.39, 0.29) is 34.6 Å². The number of nitrogens with zero attached hydrogens (tertiary/aromatic N) is 3. The predicted molar refractivity (Wildman–Crippen MR) is 125 cm³/mol. The topological polar surface area (TPSA) is 128 Å². The van der Waals surface area contributed by atoms with Crippen molar-refractivity contribution < 1.29 is 23.1 Å². The lowest BCUT2D eigenvalue weighted by Gasteiger charge is -2.17. The number of halogens is 3. The van der Waals surface area contributed by atoms with Gasteiger partial charge in [0.05, 0.1) is 5.69 Å². The van der Waals surface area contributed by atoms with E-state index in [0.29, 0.717) is 11.4 Å². The van der Waals surface area contributed by atoms with Crippen molar-refractivity contribution in [2.75, 3.05) is 25.5 Å². The van der Waals surface area contributed by atoms with E-state index in [4.69, 9.17) is 5.11 Å². The molecular weight excluding hydrogens is 463 g/mol. The van der Waals surface area contributed by atoms with Gasteiger partial charge in [0.1, 0.15) is 11.2 Å². The highest BCUT2D eigenvalue weighted by Gasteiger charge is 2.36. The number of aromatic carboxylic acids is 1. The summed E-state index contributed by atoms with van der Waals surface area (Å²) in [5, 5.41) is 19.3. The van der Waals surface area contributed by atoms with Crippen LogP contribution in [0, 0.1) is 0 Å². The quantitative estimate of drug-likeness (QED) is 0.272. The van der Waals surface area contributed by atoms with Crippen LogP contribution in [0.5, 0.6) is 0 Å². The summed E-state index contributed by atoms with van der Waals surface area (Å²) < 4.78 is 41.3. The standard InChI is InChI=1S/C23H28F3N7O2/c1-27-8-2-3-9-28-13-4-5-14(10-13)31-22-30-12-17(23(24,25)26)19(33-22)16-11-29-20-15(16)6-7-18(32-20)21(34)35/h6-7,11-14,27-28H,2-5,8-10H2,1H3,(H,29,32)(H,34,35)(H,30,31,33)/t13-,14-/m0/s1. The van der Waals surface area contributed by atoms with Crippen LogP contribution >= 0.6 is 0 Å². The van der Waals surface area contributed by atoms with Crippen molar-refractivity contribution in [3.63, 3.8) is 0 Å². The minimum atomic E-state index is -4.67. The van der Waals surface area contributed by atoms with Crippen LogP contribution in [0.2, 0.25) is 0 Å². The molecule has 0 amide bonds. The first kappa shape index (κ1) is 24.9. The first-order valence-corrected chi connectivity index (χ1v) is 11.6. The summed E-state index contributed by atoms with van der Waals surface area (Å²) in [6.07, 6.45) is 2.32. The van der Waals surface area contributed by atoms with Gasteiger partial charge in [-0.3, -0.25) is 0 Å². The zero-order chi connectivity index (χ0) is 25.0. The fourth-order valence-electron chi connectivity index (χ4n) is 4.40. The zero-order valence-electron chi connectivity index (χ0n) is 19.2. The molecule has 9 nitrogen and oxygen atoms in total. The normalized spacial score (nSPS) is 18.3. The van der Waals surface area contributed by atoms with Gasteiger partial charge in [-0.15, -0.1) is 0 Å². The fourth-order valence-corrected chi connectivity index (χ4v) is 4.40. The van der Waals surface area contributed by atoms with E-state index < -0.39 is 17.7 Å². The van der Waals surface area contributed by atoms with Crippen LogP contribution in [-0.4, -0.2) is 63.2 Å². The van der Waals surface area contributed by atoms with Crippen molar-refractivity contribution in [2.24, 2.45) is 0 Å². The van der Waals surface area contributed by atoms with Gasteiger partial charge in [0.2, 0.25) is 5.95 Å². The van der Waals surface area contributed by atoms with Crippen molar-refractivity contribution in [3.8, 4) is 11.3 Å². The molecule has 0 aliphatic heterocycles. The van der Waals surface area contributed by atoms with E-state index >= 15 is 0 Å². The molecule has 4 rings (SSSR count). The second kappa shape index (κ2) is 10.6. The lowest BCUT2D eigenvalue weighted by molar-refractivity contribution is -0.137. The Bertz CT molecular complexity index is 1180. The van der Waals surface area contributed by atoms with Crippen LogP contribution in [0.1, 0.15) is 48.2 Å². The molecule has 2 atom stereocenters. The summed E-state index contributed by atoms with van der Waals surface area (Å²) in [4.78, 5) is 26.1. The number of hydrogen-bond donors (Lipinski definition) is 5. The Balaban J connectivity index is 1.53. The number of aromatic amines is 1. The molecule has 188 valence electrons. The van der Waals surface area contributed by atoms with Gasteiger partial charge in [-0.05, 0) is 64.4 Å². The maximum absolute atomic E-state index is 13.8. The number of pyridine rings is 1. The molecule has 12 heteroatoms. The van der Waals surface area contributed by atoms with Crippen molar-refractivity contribution in [1.29, 1.82) is 0 Å². The molecule has 3 aromatic rings. The molecule has 1 saturated carbocycles. The van der Waals surface area contributed by atoms with Gasteiger partial charge in [-0.1, -0.05) is 0 Å². The average molecular weight is 492 g/mol. The zero-order valence-corrected chi connectivity index (χ0v) is 19.2. The molecule has 0 unspecified atom stereocenters. The predicted octanol–water partition coefficient (Wildman–Crippen LogP) is 3.66. The third-order valence-corrected chi connectivity index (χ3v) is 6.16. The number of rotatable bonds is 10. The Kier molecular flexibility index (Phi) is 7.51. The molecule has 1 aliphatic carbocycles. The molecule has 0 saturated heterocycles. The highest BCUT2D eigenvalue weighted by atomic mass is 19.4. The second-order valence-electron chi connectivity index (χ2n) is 8.67. The van der Waals surface area contributed by atoms with Crippen LogP contribution in [-0.2, 0) is 6.18 Å². The number of nitrogens with one attached hydrogen (secondary N) is 4. The molecule has 3 heterocycles. The number of aromatic nitrogens is 4. The molecule has 35 heavy (non-hydrogen) atoms. The Labute approximate surface area is 200 Å². The van der Waals surface area contributed by atoms with Crippen molar-refractivity contribution in [3.05, 3.63) is 35.8 Å². The first-order chi connectivity index (χ1) is 16.8. The SMILES string of the molecule is CNCCCCN[C@H]1CC[C@H](Nc2ncc(C(F)(F)F)c(-c3c[nH]c4nc(C(=O)O)ccc34)n2)C1. The highest BCUT2D eigenvalue weighted by molar-refractivity contribution is 5.96. The number of anilines is 1. The minimum absolute atomic E-state index is 0.0529. The van der Waals surface area contributed by atoms with Crippen LogP contribution in [0.4, 0.5) is 19.1 Å². The summed E-state index contributed by atoms with van der Waals surface area (Å²) in [5.74, 6) is -1.10. The van der Waals surface area contributed by atoms with Gasteiger partial charge in [-0.25, -0.2) is 19.7 Å². The lowest BCUT2D eigenvalue weighted by Crippen LogP contribution is -2.29. The number of alkyl halides is 3. The number of H-pyrrole nitrogens is 1. The molecule has 1 fully saturated rings. The van der Waals surface area contributed by atoms with Gasteiger partial charge in [0.25, 0.3) is 0 Å². The molecule has 0 aromatic carbocycles. The van der Waals surface area contributed by atoms with Crippen LogP contribution in [0.15, 0.2) is 24.5 Å². The maximum atomic E-state index is 13.8. The minimum Gasteiger partial charge on any atom is -0.477 e. The van der Waals surface area contributed by atoms with Crippen molar-refractivity contribution in [1.82, 2.24) is 30.6 Å². The van der Waals surface area contributed by atoms with E-state index in [2.05, 4.69) is 35.9 Å². The van der Waals surface area contributed by atoms with Gasteiger partial charge in [0, 0.05) is 35.4 Å². The summed E-state index contributed by atoms with van der Waals surface area (Å²) in [7, 11) is 1.93. The fraction of sp³-hybridized carbons (Fsp3) is 0.478. The van der Waals surface area contributed by atoms with E-state index in [1.807, 2.05) is 7.05 Å². The van der Waals surface area contributed by atoms with E-state index in [0.717, 1.165) is 51.4 Å². The van der Waals surface area contributed by atoms with E-state index in [9.17, 15) is 18.0 Å². The Hall–Kier alpha value is -3.25. The summed E-state index contributed by atoms with van der Waals surface area (Å²) in [6, 6.07) is 3.08. The molecule has 3 aromatic heterocycles. The molecule has 1 aliphatic rings. The molecule has 0 spiro atoms. The number of carboxylic acid groups (broad SMARTS) is 1. The first-order valence-electron chi connectivity index (χ1n) is 11.6. The van der Waals surface area contributed by atoms with Crippen LogP contribution < -0.4 is 16.0 Å². The Morgan fingerprint density at radius 3 is 2.69 bits per heavy atom. The van der Waals surface area contributed by atoms with Crippen molar-refractivity contribution in [2.45, 2.75) is 50.4 Å². The number of hydrogen-bond acceptors (Lipinski definition) is 7. The van der Waals surface area contributed by atoms with Gasteiger partial charge >= 0.3 is 12.1 Å². The average Bonchev–Trinajstić information content (AvgIpc) is 3.44. The molecule has 5 N–H and O–H groups in total. The number of fused-ring (bicyclic) bond motifs is 1. The maximum Gasteiger partial charge on any atom is 0.419 e. The number of carboxylic acids is 1.